The first kappa shape index (κ1) is 17.3. The van der Waals surface area contributed by atoms with E-state index >= 15 is 0 Å². The molecule has 0 radical (unpaired) electrons. The molecule has 0 bridgehead atoms. The molecule has 0 spiro atoms. The molecule has 2 aromatic rings. The van der Waals surface area contributed by atoms with Gasteiger partial charge in [0.2, 0.25) is 6.41 Å². The van der Waals surface area contributed by atoms with Gasteiger partial charge in [0.1, 0.15) is 5.82 Å². The van der Waals surface area contributed by atoms with Crippen molar-refractivity contribution in [3.63, 3.8) is 0 Å². The van der Waals surface area contributed by atoms with Gasteiger partial charge in [0.05, 0.1) is 5.57 Å². The Morgan fingerprint density at radius 3 is 2.35 bits per heavy atom. The van der Waals surface area contributed by atoms with Crippen molar-refractivity contribution in [2.24, 2.45) is 0 Å². The molecular formula is C17H14FNO2S2. The topological polar surface area (TPSA) is 46.2 Å². The number of halogens is 1. The molecule has 0 aromatic heterocycles. The lowest BCUT2D eigenvalue weighted by molar-refractivity contribution is -0.121. The van der Waals surface area contributed by atoms with Crippen LogP contribution in [-0.2, 0) is 9.59 Å². The fourth-order valence-electron chi connectivity index (χ4n) is 1.73. The van der Waals surface area contributed by atoms with Crippen molar-refractivity contribution in [3.05, 3.63) is 70.9 Å². The Morgan fingerprint density at radius 2 is 1.74 bits per heavy atom. The van der Waals surface area contributed by atoms with E-state index in [1.807, 2.05) is 31.2 Å². The van der Waals surface area contributed by atoms with E-state index in [1.165, 1.54) is 33.7 Å². The maximum atomic E-state index is 12.9. The monoisotopic (exact) mass is 347 g/mol. The van der Waals surface area contributed by atoms with Crippen LogP contribution < -0.4 is 5.32 Å². The summed E-state index contributed by atoms with van der Waals surface area (Å²) in [6.45, 7) is 1.96. The van der Waals surface area contributed by atoms with Gasteiger partial charge in [-0.2, -0.15) is 0 Å². The summed E-state index contributed by atoms with van der Waals surface area (Å²) in [7, 11) is 2.72. The number of rotatable bonds is 6. The molecule has 3 nitrogen and oxygen atoms in total. The highest BCUT2D eigenvalue weighted by atomic mass is 33.1. The predicted molar refractivity (Wildman–Crippen MR) is 93.2 cm³/mol. The van der Waals surface area contributed by atoms with Gasteiger partial charge in [0.15, 0.2) is 0 Å². The number of nitrogens with one attached hydrogen (secondary N) is 1. The highest BCUT2D eigenvalue weighted by Gasteiger charge is 2.11. The van der Waals surface area contributed by atoms with Crippen molar-refractivity contribution in [1.29, 1.82) is 0 Å². The summed E-state index contributed by atoms with van der Waals surface area (Å²) in [5, 5.41) is 3.83. The molecule has 2 aromatic carbocycles. The van der Waals surface area contributed by atoms with Gasteiger partial charge in [0, 0.05) is 4.90 Å². The quantitative estimate of drug-likeness (QED) is 0.483. The van der Waals surface area contributed by atoms with Gasteiger partial charge in [-0.1, -0.05) is 51.4 Å². The maximum absolute atomic E-state index is 12.9. The van der Waals surface area contributed by atoms with Crippen molar-refractivity contribution in [1.82, 2.24) is 5.32 Å². The predicted octanol–water partition coefficient (Wildman–Crippen LogP) is 4.19. The number of imide groups is 1. The van der Waals surface area contributed by atoms with Crippen molar-refractivity contribution >= 4 is 39.5 Å². The van der Waals surface area contributed by atoms with Crippen LogP contribution in [0.1, 0.15) is 11.1 Å². The largest absolute Gasteiger partial charge is 0.295 e. The number of benzene rings is 2. The summed E-state index contributed by atoms with van der Waals surface area (Å²) in [4.78, 5) is 23.4. The fraction of sp³-hybridized carbons (Fsp3) is 0.0588. The van der Waals surface area contributed by atoms with Gasteiger partial charge < -0.3 is 0 Å². The Balaban J connectivity index is 2.15. The lowest BCUT2D eigenvalue weighted by atomic mass is 10.1. The summed E-state index contributed by atoms with van der Waals surface area (Å²) in [6, 6.07) is 13.5. The van der Waals surface area contributed by atoms with Gasteiger partial charge in [-0.15, -0.1) is 0 Å². The summed E-state index contributed by atoms with van der Waals surface area (Å²) in [6.07, 6.45) is 0.363. The fourth-order valence-corrected chi connectivity index (χ4v) is 3.58. The molecule has 0 aliphatic carbocycles. The minimum Gasteiger partial charge on any atom is -0.295 e. The number of aryl methyl sites for hydroxylation is 1. The first-order valence-corrected chi connectivity index (χ1v) is 8.92. The minimum atomic E-state index is -0.462. The summed E-state index contributed by atoms with van der Waals surface area (Å²) in [5.41, 5.74) is 2.20. The Hall–Kier alpha value is -2.05. The van der Waals surface area contributed by atoms with Crippen LogP contribution in [0.25, 0.3) is 5.57 Å². The van der Waals surface area contributed by atoms with Crippen molar-refractivity contribution in [2.75, 3.05) is 0 Å². The first-order valence-electron chi connectivity index (χ1n) is 6.71. The number of amides is 2. The highest BCUT2D eigenvalue weighted by molar-refractivity contribution is 8.77. The van der Waals surface area contributed by atoms with E-state index in [0.717, 1.165) is 16.0 Å². The highest BCUT2D eigenvalue weighted by Crippen LogP contribution is 2.34. The van der Waals surface area contributed by atoms with Gasteiger partial charge in [-0.05, 0) is 42.2 Å². The molecule has 0 unspecified atom stereocenters. The number of carbonyl (C=O) groups excluding carboxylic acids is 2. The molecule has 0 aliphatic heterocycles. The van der Waals surface area contributed by atoms with Crippen LogP contribution in [-0.4, -0.2) is 12.3 Å². The summed E-state index contributed by atoms with van der Waals surface area (Å²) >= 11 is 0. The third kappa shape index (κ3) is 5.26. The Bertz CT molecular complexity index is 712. The second kappa shape index (κ2) is 8.55. The van der Waals surface area contributed by atoms with E-state index in [2.05, 4.69) is 5.32 Å². The Morgan fingerprint density at radius 1 is 1.09 bits per heavy atom. The van der Waals surface area contributed by atoms with E-state index < -0.39 is 5.91 Å². The Kier molecular flexibility index (Phi) is 6.43. The molecule has 23 heavy (non-hydrogen) atoms. The molecule has 0 saturated carbocycles. The van der Waals surface area contributed by atoms with Gasteiger partial charge >= 0.3 is 0 Å². The standard InChI is InChI=1S/C17H14FNO2S2/c1-12-2-4-13(5-3-12)16(17(21)19-11-20)10-22-23-15-8-6-14(18)7-9-15/h2-11H,1H3,(H,19,20,21)/b16-10-. The van der Waals surface area contributed by atoms with Gasteiger partial charge in [-0.25, -0.2) is 4.39 Å². The Labute approximate surface area is 141 Å². The molecule has 0 saturated heterocycles. The van der Waals surface area contributed by atoms with Crippen LogP contribution >= 0.6 is 21.6 Å². The molecule has 0 heterocycles. The van der Waals surface area contributed by atoms with Crippen LogP contribution in [0.2, 0.25) is 0 Å². The second-order valence-corrected chi connectivity index (χ2v) is 6.77. The third-order valence-electron chi connectivity index (χ3n) is 2.92. The van der Waals surface area contributed by atoms with E-state index in [1.54, 1.807) is 17.5 Å². The molecular weight excluding hydrogens is 333 g/mol. The van der Waals surface area contributed by atoms with Crippen LogP contribution in [0.5, 0.6) is 0 Å². The average Bonchev–Trinajstić information content (AvgIpc) is 2.55. The lowest BCUT2D eigenvalue weighted by Crippen LogP contribution is -2.22. The normalized spacial score (nSPS) is 11.1. The maximum Gasteiger partial charge on any atom is 0.258 e. The van der Waals surface area contributed by atoms with Crippen LogP contribution in [0.15, 0.2) is 58.8 Å². The third-order valence-corrected chi connectivity index (χ3v) is 4.97. The SMILES string of the molecule is Cc1ccc(/C(=C/SSc2ccc(F)cc2)C(=O)NC=O)cc1. The molecule has 1 N–H and O–H groups in total. The van der Waals surface area contributed by atoms with E-state index in [-0.39, 0.29) is 5.82 Å². The summed E-state index contributed by atoms with van der Waals surface area (Å²) < 4.78 is 12.9. The van der Waals surface area contributed by atoms with Gasteiger partial charge in [-0.3, -0.25) is 14.9 Å². The van der Waals surface area contributed by atoms with Crippen LogP contribution in [0.3, 0.4) is 0 Å². The van der Waals surface area contributed by atoms with E-state index in [4.69, 9.17) is 0 Å². The van der Waals surface area contributed by atoms with Crippen LogP contribution in [0.4, 0.5) is 4.39 Å². The minimum absolute atomic E-state index is 0.291. The van der Waals surface area contributed by atoms with E-state index in [0.29, 0.717) is 12.0 Å². The molecule has 2 rings (SSSR count). The average molecular weight is 347 g/mol. The lowest BCUT2D eigenvalue weighted by Gasteiger charge is -2.06. The first-order chi connectivity index (χ1) is 11.1. The zero-order valence-electron chi connectivity index (χ0n) is 12.3. The van der Waals surface area contributed by atoms with Crippen molar-refractivity contribution in [2.45, 2.75) is 11.8 Å². The number of hydrogen-bond acceptors (Lipinski definition) is 4. The zero-order valence-corrected chi connectivity index (χ0v) is 13.9. The molecule has 0 aliphatic rings. The van der Waals surface area contributed by atoms with Crippen molar-refractivity contribution < 1.29 is 14.0 Å². The zero-order chi connectivity index (χ0) is 16.7. The van der Waals surface area contributed by atoms with Crippen molar-refractivity contribution in [3.8, 4) is 0 Å². The molecule has 118 valence electrons. The number of carbonyl (C=O) groups is 2. The molecule has 0 fully saturated rings. The summed E-state index contributed by atoms with van der Waals surface area (Å²) in [5.74, 6) is -0.753. The molecule has 2 amide bonds. The molecule has 0 atom stereocenters. The smallest absolute Gasteiger partial charge is 0.258 e. The second-order valence-electron chi connectivity index (χ2n) is 4.62. The van der Waals surface area contributed by atoms with Gasteiger partial charge in [0.25, 0.3) is 5.91 Å². The van der Waals surface area contributed by atoms with E-state index in [9.17, 15) is 14.0 Å². The van der Waals surface area contributed by atoms with Crippen LogP contribution in [0, 0.1) is 12.7 Å². The molecule has 6 heteroatoms. The number of hydrogen-bond donors (Lipinski definition) is 1.